The van der Waals surface area contributed by atoms with Crippen molar-refractivity contribution in [3.63, 3.8) is 0 Å². The molecule has 2 N–H and O–H groups in total. The SMILES string of the molecule is CN(CC1(CO)CCCC1)C(=O)Nc1cccc(Cl)c1F. The number of rotatable bonds is 4. The molecular weight excluding hydrogens is 295 g/mol. The number of hydrogen-bond donors (Lipinski definition) is 2. The topological polar surface area (TPSA) is 52.6 Å². The largest absolute Gasteiger partial charge is 0.396 e. The molecule has 4 nitrogen and oxygen atoms in total. The minimum absolute atomic E-state index is 0.0296. The predicted octanol–water partition coefficient (Wildman–Crippen LogP) is 3.50. The predicted molar refractivity (Wildman–Crippen MR) is 81.0 cm³/mol. The van der Waals surface area contributed by atoms with E-state index < -0.39 is 11.8 Å². The van der Waals surface area contributed by atoms with Gasteiger partial charge in [-0.3, -0.25) is 0 Å². The molecule has 0 aromatic heterocycles. The van der Waals surface area contributed by atoms with Crippen LogP contribution < -0.4 is 5.32 Å². The molecule has 2 rings (SSSR count). The molecule has 116 valence electrons. The Hall–Kier alpha value is -1.33. The van der Waals surface area contributed by atoms with Crippen LogP contribution in [0.4, 0.5) is 14.9 Å². The van der Waals surface area contributed by atoms with Crippen molar-refractivity contribution in [2.45, 2.75) is 25.7 Å². The third kappa shape index (κ3) is 3.66. The smallest absolute Gasteiger partial charge is 0.321 e. The minimum atomic E-state index is -0.640. The molecule has 0 heterocycles. The fourth-order valence-electron chi connectivity index (χ4n) is 2.88. The van der Waals surface area contributed by atoms with Crippen LogP contribution in [0.3, 0.4) is 0 Å². The van der Waals surface area contributed by atoms with E-state index in [-0.39, 0.29) is 22.7 Å². The summed E-state index contributed by atoms with van der Waals surface area (Å²) in [7, 11) is 1.65. The van der Waals surface area contributed by atoms with Gasteiger partial charge in [-0.1, -0.05) is 30.5 Å². The molecule has 0 saturated heterocycles. The summed E-state index contributed by atoms with van der Waals surface area (Å²) in [5.41, 5.74) is -0.164. The zero-order valence-corrected chi connectivity index (χ0v) is 12.8. The maximum atomic E-state index is 13.8. The van der Waals surface area contributed by atoms with Crippen molar-refractivity contribution >= 4 is 23.3 Å². The van der Waals surface area contributed by atoms with Gasteiger partial charge in [0.2, 0.25) is 0 Å². The number of hydrogen-bond acceptors (Lipinski definition) is 2. The van der Waals surface area contributed by atoms with Crippen molar-refractivity contribution in [2.24, 2.45) is 5.41 Å². The van der Waals surface area contributed by atoms with Gasteiger partial charge >= 0.3 is 6.03 Å². The summed E-state index contributed by atoms with van der Waals surface area (Å²) < 4.78 is 13.8. The van der Waals surface area contributed by atoms with Crippen LogP contribution >= 0.6 is 11.6 Å². The number of carbonyl (C=O) groups excluding carboxylic acids is 1. The van der Waals surface area contributed by atoms with Gasteiger partial charge in [0.25, 0.3) is 0 Å². The number of amides is 2. The van der Waals surface area contributed by atoms with Gasteiger partial charge in [0.1, 0.15) is 0 Å². The lowest BCUT2D eigenvalue weighted by Crippen LogP contribution is -2.41. The summed E-state index contributed by atoms with van der Waals surface area (Å²) in [5, 5.41) is 12.1. The Labute approximate surface area is 128 Å². The second-order valence-electron chi connectivity index (χ2n) is 5.75. The number of halogens is 2. The van der Waals surface area contributed by atoms with E-state index >= 15 is 0 Å². The molecule has 1 saturated carbocycles. The van der Waals surface area contributed by atoms with Crippen LogP contribution in [0.2, 0.25) is 5.02 Å². The van der Waals surface area contributed by atoms with Crippen molar-refractivity contribution in [3.8, 4) is 0 Å². The Kier molecular flexibility index (Phi) is 5.06. The summed E-state index contributed by atoms with van der Waals surface area (Å²) in [5.74, 6) is -0.640. The summed E-state index contributed by atoms with van der Waals surface area (Å²) in [6.07, 6.45) is 3.96. The maximum absolute atomic E-state index is 13.8. The first-order valence-electron chi connectivity index (χ1n) is 7.04. The van der Waals surface area contributed by atoms with E-state index in [1.165, 1.54) is 17.0 Å². The highest BCUT2D eigenvalue weighted by Crippen LogP contribution is 2.38. The molecule has 0 unspecified atom stereocenters. The molecule has 0 radical (unpaired) electrons. The Morgan fingerprint density at radius 1 is 1.48 bits per heavy atom. The van der Waals surface area contributed by atoms with Crippen LogP contribution in [0.5, 0.6) is 0 Å². The van der Waals surface area contributed by atoms with Crippen LogP contribution in [0.1, 0.15) is 25.7 Å². The lowest BCUT2D eigenvalue weighted by atomic mass is 9.87. The van der Waals surface area contributed by atoms with Crippen LogP contribution in [-0.4, -0.2) is 36.2 Å². The summed E-state index contributed by atoms with van der Waals surface area (Å²) in [4.78, 5) is 13.6. The van der Waals surface area contributed by atoms with Gasteiger partial charge in [-0.15, -0.1) is 0 Å². The van der Waals surface area contributed by atoms with Crippen LogP contribution in [0, 0.1) is 11.2 Å². The molecule has 0 atom stereocenters. The highest BCUT2D eigenvalue weighted by atomic mass is 35.5. The van der Waals surface area contributed by atoms with E-state index in [0.29, 0.717) is 6.54 Å². The molecular formula is C15H20ClFN2O2. The van der Waals surface area contributed by atoms with Crippen molar-refractivity contribution < 1.29 is 14.3 Å². The minimum Gasteiger partial charge on any atom is -0.396 e. The number of carbonyl (C=O) groups is 1. The van der Waals surface area contributed by atoms with E-state index in [2.05, 4.69) is 5.32 Å². The van der Waals surface area contributed by atoms with E-state index in [9.17, 15) is 14.3 Å². The Bertz CT molecular complexity index is 518. The van der Waals surface area contributed by atoms with E-state index in [1.807, 2.05) is 0 Å². The van der Waals surface area contributed by atoms with Crippen LogP contribution in [-0.2, 0) is 0 Å². The quantitative estimate of drug-likeness (QED) is 0.893. The average Bonchev–Trinajstić information content (AvgIpc) is 2.93. The van der Waals surface area contributed by atoms with Gasteiger partial charge in [-0.2, -0.15) is 0 Å². The molecule has 1 fully saturated rings. The highest BCUT2D eigenvalue weighted by molar-refractivity contribution is 6.31. The number of aliphatic hydroxyl groups is 1. The first-order valence-corrected chi connectivity index (χ1v) is 7.42. The third-order valence-corrected chi connectivity index (χ3v) is 4.40. The van der Waals surface area contributed by atoms with Crippen molar-refractivity contribution in [1.82, 2.24) is 4.90 Å². The molecule has 1 aromatic rings. The Morgan fingerprint density at radius 2 is 2.14 bits per heavy atom. The van der Waals surface area contributed by atoms with Gasteiger partial charge in [-0.25, -0.2) is 9.18 Å². The van der Waals surface area contributed by atoms with Crippen molar-refractivity contribution in [1.29, 1.82) is 0 Å². The Morgan fingerprint density at radius 3 is 2.76 bits per heavy atom. The second-order valence-corrected chi connectivity index (χ2v) is 6.16. The van der Waals surface area contributed by atoms with E-state index in [0.717, 1.165) is 25.7 Å². The number of benzene rings is 1. The molecule has 21 heavy (non-hydrogen) atoms. The maximum Gasteiger partial charge on any atom is 0.321 e. The normalized spacial score (nSPS) is 16.8. The van der Waals surface area contributed by atoms with Gasteiger partial charge in [0.15, 0.2) is 5.82 Å². The van der Waals surface area contributed by atoms with Crippen LogP contribution in [0.15, 0.2) is 18.2 Å². The second kappa shape index (κ2) is 6.62. The number of nitrogens with one attached hydrogen (secondary N) is 1. The van der Waals surface area contributed by atoms with E-state index in [1.54, 1.807) is 13.1 Å². The van der Waals surface area contributed by atoms with Gasteiger partial charge in [0.05, 0.1) is 17.3 Å². The number of urea groups is 1. The summed E-state index contributed by atoms with van der Waals surface area (Å²) >= 11 is 5.69. The highest BCUT2D eigenvalue weighted by Gasteiger charge is 2.35. The van der Waals surface area contributed by atoms with Crippen molar-refractivity contribution in [2.75, 3.05) is 25.5 Å². The molecule has 1 aromatic carbocycles. The first kappa shape index (κ1) is 16.0. The molecule has 2 amide bonds. The van der Waals surface area contributed by atoms with Crippen LogP contribution in [0.25, 0.3) is 0 Å². The fraction of sp³-hybridized carbons (Fsp3) is 0.533. The third-order valence-electron chi connectivity index (χ3n) is 4.11. The number of nitrogens with zero attached hydrogens (tertiary/aromatic N) is 1. The lowest BCUT2D eigenvalue weighted by Gasteiger charge is -2.31. The van der Waals surface area contributed by atoms with Gasteiger partial charge < -0.3 is 15.3 Å². The van der Waals surface area contributed by atoms with Gasteiger partial charge in [0, 0.05) is 19.0 Å². The zero-order chi connectivity index (χ0) is 15.5. The molecule has 6 heteroatoms. The van der Waals surface area contributed by atoms with E-state index in [4.69, 9.17) is 11.6 Å². The zero-order valence-electron chi connectivity index (χ0n) is 12.0. The number of anilines is 1. The fourth-order valence-corrected chi connectivity index (χ4v) is 3.05. The molecule has 0 aliphatic heterocycles. The molecule has 1 aliphatic rings. The number of aliphatic hydroxyl groups excluding tert-OH is 1. The Balaban J connectivity index is 2.01. The first-order chi connectivity index (χ1) is 9.97. The molecule has 1 aliphatic carbocycles. The van der Waals surface area contributed by atoms with Gasteiger partial charge in [-0.05, 0) is 25.0 Å². The average molecular weight is 315 g/mol. The monoisotopic (exact) mass is 314 g/mol. The molecule has 0 spiro atoms. The standard InChI is InChI=1S/C15H20ClFN2O2/c1-19(9-15(10-20)7-2-3-8-15)14(21)18-12-6-4-5-11(16)13(12)17/h4-6,20H,2-3,7-10H2,1H3,(H,18,21). The summed E-state index contributed by atoms with van der Waals surface area (Å²) in [6.45, 7) is 0.521. The molecule has 0 bridgehead atoms. The van der Waals surface area contributed by atoms with Crippen molar-refractivity contribution in [3.05, 3.63) is 29.0 Å². The summed E-state index contributed by atoms with van der Waals surface area (Å²) in [6, 6.07) is 4.06. The lowest BCUT2D eigenvalue weighted by molar-refractivity contribution is 0.0998.